The number of hydrogen-bond acceptors (Lipinski definition) is 2. The van der Waals surface area contributed by atoms with E-state index < -0.39 is 0 Å². The van der Waals surface area contributed by atoms with E-state index in [1.165, 1.54) is 67.7 Å². The highest BCUT2D eigenvalue weighted by atomic mass is 15.2. The maximum atomic E-state index is 3.68. The van der Waals surface area contributed by atoms with Crippen molar-refractivity contribution in [1.82, 2.24) is 14.8 Å². The third-order valence-corrected chi connectivity index (χ3v) is 5.06. The van der Waals surface area contributed by atoms with Crippen LogP contribution in [0.1, 0.15) is 38.4 Å². The van der Waals surface area contributed by atoms with Crippen LogP contribution in [0.3, 0.4) is 0 Å². The molecule has 0 unspecified atom stereocenters. The second kappa shape index (κ2) is 6.66. The Kier molecular flexibility index (Phi) is 4.79. The van der Waals surface area contributed by atoms with E-state index in [4.69, 9.17) is 0 Å². The van der Waals surface area contributed by atoms with Crippen LogP contribution in [0.4, 0.5) is 0 Å². The van der Waals surface area contributed by atoms with E-state index in [0.29, 0.717) is 0 Å². The van der Waals surface area contributed by atoms with E-state index in [-0.39, 0.29) is 5.41 Å². The van der Waals surface area contributed by atoms with Gasteiger partial charge in [-0.1, -0.05) is 39.0 Å². The van der Waals surface area contributed by atoms with Gasteiger partial charge in [0.2, 0.25) is 0 Å². The number of likely N-dealkylation sites (N-methyl/N-ethyl adjacent to an activating group) is 1. The monoisotopic (exact) mass is 313 g/mol. The van der Waals surface area contributed by atoms with Crippen LogP contribution < -0.4 is 0 Å². The lowest BCUT2D eigenvalue weighted by molar-refractivity contribution is 0.153. The summed E-state index contributed by atoms with van der Waals surface area (Å²) in [4.78, 5) is 8.72. The Morgan fingerprint density at radius 3 is 2.43 bits per heavy atom. The lowest BCUT2D eigenvalue weighted by atomic mass is 9.87. The molecule has 3 heteroatoms. The van der Waals surface area contributed by atoms with Crippen LogP contribution in [0.2, 0.25) is 0 Å². The highest BCUT2D eigenvalue weighted by molar-refractivity contribution is 5.85. The average molecular weight is 313 g/mol. The number of aromatic nitrogens is 1. The van der Waals surface area contributed by atoms with Crippen molar-refractivity contribution in [3.05, 3.63) is 35.5 Å². The van der Waals surface area contributed by atoms with Crippen LogP contribution in [0.15, 0.2) is 24.3 Å². The first kappa shape index (κ1) is 16.5. The molecule has 0 saturated carbocycles. The van der Waals surface area contributed by atoms with Crippen LogP contribution in [0.5, 0.6) is 0 Å². The second-order valence-electron chi connectivity index (χ2n) is 8.02. The summed E-state index contributed by atoms with van der Waals surface area (Å²) in [6.07, 6.45) is 2.41. The van der Waals surface area contributed by atoms with Crippen molar-refractivity contribution >= 4 is 10.9 Å². The minimum atomic E-state index is 0.169. The third-order valence-electron chi connectivity index (χ3n) is 5.06. The molecule has 0 bridgehead atoms. The molecule has 1 aromatic heterocycles. The van der Waals surface area contributed by atoms with Gasteiger partial charge < -0.3 is 14.8 Å². The standard InChI is InChI=1S/C20H31N3/c1-20(2,3)19-17(16-8-5-6-10-18(16)21-19)9-7-11-23-14-12-22(4)13-15-23/h5-6,8,10,21H,7,9,11-15H2,1-4H3. The Morgan fingerprint density at radius 1 is 1.04 bits per heavy atom. The van der Waals surface area contributed by atoms with Crippen molar-refractivity contribution in [2.45, 2.75) is 39.0 Å². The number of benzene rings is 1. The van der Waals surface area contributed by atoms with Gasteiger partial charge in [0.05, 0.1) is 0 Å². The lowest BCUT2D eigenvalue weighted by Gasteiger charge is -2.32. The summed E-state index contributed by atoms with van der Waals surface area (Å²) in [5.41, 5.74) is 4.40. The summed E-state index contributed by atoms with van der Waals surface area (Å²) in [5.74, 6) is 0. The predicted octanol–water partition coefficient (Wildman–Crippen LogP) is 3.65. The highest BCUT2D eigenvalue weighted by Crippen LogP contribution is 2.32. The van der Waals surface area contributed by atoms with Crippen molar-refractivity contribution in [2.24, 2.45) is 0 Å². The topological polar surface area (TPSA) is 22.3 Å². The van der Waals surface area contributed by atoms with Gasteiger partial charge in [0.15, 0.2) is 0 Å². The molecule has 2 heterocycles. The average Bonchev–Trinajstić information content (AvgIpc) is 2.89. The normalized spacial score (nSPS) is 17.9. The Bertz CT molecular complexity index is 642. The largest absolute Gasteiger partial charge is 0.358 e. The molecule has 3 nitrogen and oxygen atoms in total. The van der Waals surface area contributed by atoms with Crippen molar-refractivity contribution in [3.63, 3.8) is 0 Å². The number of rotatable bonds is 4. The third kappa shape index (κ3) is 3.78. The molecule has 1 fully saturated rings. The smallest absolute Gasteiger partial charge is 0.0459 e. The molecule has 0 amide bonds. The fourth-order valence-corrected chi connectivity index (χ4v) is 3.65. The number of H-pyrrole nitrogens is 1. The number of aryl methyl sites for hydroxylation is 1. The molecule has 0 atom stereocenters. The number of hydrogen-bond donors (Lipinski definition) is 1. The molecule has 1 aromatic carbocycles. The summed E-state index contributed by atoms with van der Waals surface area (Å²) < 4.78 is 0. The summed E-state index contributed by atoms with van der Waals surface area (Å²) in [5, 5.41) is 1.41. The van der Waals surface area contributed by atoms with Gasteiger partial charge in [0.25, 0.3) is 0 Å². The zero-order valence-electron chi connectivity index (χ0n) is 15.2. The Balaban J connectivity index is 1.71. The van der Waals surface area contributed by atoms with Gasteiger partial charge in [0, 0.05) is 48.2 Å². The van der Waals surface area contributed by atoms with Gasteiger partial charge in [-0.25, -0.2) is 0 Å². The quantitative estimate of drug-likeness (QED) is 0.931. The molecule has 1 N–H and O–H groups in total. The van der Waals surface area contributed by atoms with Crippen LogP contribution >= 0.6 is 0 Å². The first-order valence-corrected chi connectivity index (χ1v) is 8.96. The van der Waals surface area contributed by atoms with E-state index in [9.17, 15) is 0 Å². The van der Waals surface area contributed by atoms with E-state index >= 15 is 0 Å². The summed E-state index contributed by atoms with van der Waals surface area (Å²) in [7, 11) is 2.22. The van der Waals surface area contributed by atoms with E-state index in [1.54, 1.807) is 0 Å². The Hall–Kier alpha value is -1.32. The molecule has 0 aliphatic carbocycles. The van der Waals surface area contributed by atoms with Crippen molar-refractivity contribution in [1.29, 1.82) is 0 Å². The lowest BCUT2D eigenvalue weighted by Crippen LogP contribution is -2.44. The van der Waals surface area contributed by atoms with Crippen LogP contribution in [-0.4, -0.2) is 54.6 Å². The number of nitrogens with zero attached hydrogens (tertiary/aromatic N) is 2. The molecule has 0 spiro atoms. The van der Waals surface area contributed by atoms with Gasteiger partial charge in [-0.2, -0.15) is 0 Å². The summed E-state index contributed by atoms with van der Waals surface area (Å²) in [6.45, 7) is 13.0. The number of aromatic amines is 1. The minimum Gasteiger partial charge on any atom is -0.358 e. The molecule has 1 aliphatic rings. The molecule has 0 radical (unpaired) electrons. The van der Waals surface area contributed by atoms with Crippen molar-refractivity contribution < 1.29 is 0 Å². The molecule has 1 aliphatic heterocycles. The fourth-order valence-electron chi connectivity index (χ4n) is 3.65. The first-order chi connectivity index (χ1) is 10.9. The number of nitrogens with one attached hydrogen (secondary N) is 1. The van der Waals surface area contributed by atoms with Gasteiger partial charge in [-0.05, 0) is 38.1 Å². The minimum absolute atomic E-state index is 0.169. The molecule has 1 saturated heterocycles. The van der Waals surface area contributed by atoms with E-state index in [1.807, 2.05) is 0 Å². The van der Waals surface area contributed by atoms with Crippen LogP contribution in [-0.2, 0) is 11.8 Å². The Labute approximate surface area is 140 Å². The maximum Gasteiger partial charge on any atom is 0.0459 e. The highest BCUT2D eigenvalue weighted by Gasteiger charge is 2.22. The van der Waals surface area contributed by atoms with Gasteiger partial charge in [0.1, 0.15) is 0 Å². The van der Waals surface area contributed by atoms with E-state index in [2.05, 4.69) is 66.9 Å². The van der Waals surface area contributed by atoms with Gasteiger partial charge in [-0.3, -0.25) is 0 Å². The molecule has 3 rings (SSSR count). The number of para-hydroxylation sites is 1. The molecule has 126 valence electrons. The van der Waals surface area contributed by atoms with Crippen LogP contribution in [0, 0.1) is 0 Å². The zero-order chi connectivity index (χ0) is 16.4. The predicted molar refractivity (Wildman–Crippen MR) is 99.3 cm³/mol. The van der Waals surface area contributed by atoms with Gasteiger partial charge >= 0.3 is 0 Å². The first-order valence-electron chi connectivity index (χ1n) is 8.96. The number of piperazine rings is 1. The van der Waals surface area contributed by atoms with Crippen molar-refractivity contribution in [3.8, 4) is 0 Å². The maximum absolute atomic E-state index is 3.68. The molecule has 23 heavy (non-hydrogen) atoms. The van der Waals surface area contributed by atoms with Crippen molar-refractivity contribution in [2.75, 3.05) is 39.8 Å². The van der Waals surface area contributed by atoms with Gasteiger partial charge in [-0.15, -0.1) is 0 Å². The summed E-state index contributed by atoms with van der Waals surface area (Å²) >= 11 is 0. The zero-order valence-corrected chi connectivity index (χ0v) is 15.2. The molecule has 2 aromatic rings. The second-order valence-corrected chi connectivity index (χ2v) is 8.02. The fraction of sp³-hybridized carbons (Fsp3) is 0.600. The van der Waals surface area contributed by atoms with E-state index in [0.717, 1.165) is 0 Å². The Morgan fingerprint density at radius 2 is 1.74 bits per heavy atom. The number of fused-ring (bicyclic) bond motifs is 1. The SMILES string of the molecule is CN1CCN(CCCc2c(C(C)(C)C)[nH]c3ccccc23)CC1. The molecular formula is C20H31N3. The summed E-state index contributed by atoms with van der Waals surface area (Å²) in [6, 6.07) is 8.76. The molecular weight excluding hydrogens is 282 g/mol. The van der Waals surface area contributed by atoms with Crippen LogP contribution in [0.25, 0.3) is 10.9 Å².